The molecule has 0 aliphatic carbocycles. The predicted octanol–water partition coefficient (Wildman–Crippen LogP) is 3.60. The van der Waals surface area contributed by atoms with Crippen molar-refractivity contribution in [2.24, 2.45) is 0 Å². The normalized spacial score (nSPS) is 19.7. The van der Waals surface area contributed by atoms with Crippen LogP contribution in [0.2, 0.25) is 0 Å². The van der Waals surface area contributed by atoms with Gasteiger partial charge >= 0.3 is 0 Å². The van der Waals surface area contributed by atoms with Gasteiger partial charge in [0.15, 0.2) is 0 Å². The fourth-order valence-electron chi connectivity index (χ4n) is 3.56. The van der Waals surface area contributed by atoms with Gasteiger partial charge in [-0.2, -0.15) is 0 Å². The average molecular weight is 295 g/mol. The molecular weight excluding hydrogens is 270 g/mol. The summed E-state index contributed by atoms with van der Waals surface area (Å²) in [4.78, 5) is 2.43. The summed E-state index contributed by atoms with van der Waals surface area (Å²) in [6.45, 7) is 4.34. The van der Waals surface area contributed by atoms with Crippen LogP contribution in [0.15, 0.2) is 60.7 Å². The summed E-state index contributed by atoms with van der Waals surface area (Å²) in [7, 11) is 0. The number of likely N-dealkylation sites (tertiary alicyclic amines) is 1. The Hall–Kier alpha value is -1.64. The maximum Gasteiger partial charge on any atom is 0.109 e. The van der Waals surface area contributed by atoms with Crippen LogP contribution in [0, 0.1) is 0 Å². The third-order valence-corrected chi connectivity index (χ3v) is 4.97. The third-order valence-electron chi connectivity index (χ3n) is 4.97. The monoisotopic (exact) mass is 295 g/mol. The van der Waals surface area contributed by atoms with Crippen molar-refractivity contribution in [1.82, 2.24) is 4.90 Å². The smallest absolute Gasteiger partial charge is 0.109 e. The first kappa shape index (κ1) is 15.3. The molecule has 2 nitrogen and oxygen atoms in total. The summed E-state index contributed by atoms with van der Waals surface area (Å²) in [5.74, 6) is 0. The van der Waals surface area contributed by atoms with Crippen molar-refractivity contribution in [3.8, 4) is 0 Å². The van der Waals surface area contributed by atoms with E-state index < -0.39 is 5.60 Å². The quantitative estimate of drug-likeness (QED) is 0.911. The van der Waals surface area contributed by atoms with Crippen molar-refractivity contribution < 1.29 is 5.11 Å². The molecule has 1 heterocycles. The topological polar surface area (TPSA) is 23.5 Å². The lowest BCUT2D eigenvalue weighted by Crippen LogP contribution is -2.49. The van der Waals surface area contributed by atoms with Crippen LogP contribution in [0.3, 0.4) is 0 Å². The number of nitrogens with zero attached hydrogens (tertiary/aromatic N) is 1. The second-order valence-electron chi connectivity index (χ2n) is 6.37. The maximum absolute atomic E-state index is 11.6. The molecule has 2 aromatic carbocycles. The minimum absolute atomic E-state index is 0.109. The molecule has 1 aliphatic heterocycles. The van der Waals surface area contributed by atoms with Crippen LogP contribution < -0.4 is 0 Å². The van der Waals surface area contributed by atoms with Crippen molar-refractivity contribution >= 4 is 0 Å². The summed E-state index contributed by atoms with van der Waals surface area (Å²) < 4.78 is 0. The fraction of sp³-hybridized carbons (Fsp3) is 0.400. The summed E-state index contributed by atoms with van der Waals surface area (Å²) in [6.07, 6.45) is 3.12. The molecule has 22 heavy (non-hydrogen) atoms. The van der Waals surface area contributed by atoms with Gasteiger partial charge in [-0.1, -0.05) is 60.7 Å². The van der Waals surface area contributed by atoms with Crippen LogP contribution >= 0.6 is 0 Å². The van der Waals surface area contributed by atoms with Gasteiger partial charge in [-0.3, -0.25) is 4.90 Å². The minimum atomic E-state index is -0.854. The number of hydrogen-bond acceptors (Lipinski definition) is 2. The Morgan fingerprint density at radius 3 is 2.09 bits per heavy atom. The first-order valence-corrected chi connectivity index (χ1v) is 8.26. The molecule has 0 unspecified atom stereocenters. The van der Waals surface area contributed by atoms with Crippen molar-refractivity contribution in [3.05, 3.63) is 71.8 Å². The largest absolute Gasteiger partial charge is 0.383 e. The van der Waals surface area contributed by atoms with E-state index in [1.54, 1.807) is 0 Å². The van der Waals surface area contributed by atoms with Gasteiger partial charge in [0, 0.05) is 12.5 Å². The van der Waals surface area contributed by atoms with E-state index in [2.05, 4.69) is 36.1 Å². The van der Waals surface area contributed by atoms with E-state index in [0.29, 0.717) is 6.42 Å². The van der Waals surface area contributed by atoms with E-state index in [-0.39, 0.29) is 6.04 Å². The molecule has 2 heteroatoms. The van der Waals surface area contributed by atoms with Gasteiger partial charge in [0.05, 0.1) is 0 Å². The van der Waals surface area contributed by atoms with E-state index in [0.717, 1.165) is 18.7 Å². The third kappa shape index (κ3) is 3.08. The highest BCUT2D eigenvalue weighted by atomic mass is 16.3. The van der Waals surface area contributed by atoms with Crippen LogP contribution in [0.5, 0.6) is 0 Å². The molecule has 1 fully saturated rings. The molecule has 116 valence electrons. The van der Waals surface area contributed by atoms with E-state index in [4.69, 9.17) is 0 Å². The molecule has 0 saturated carbocycles. The molecule has 0 radical (unpaired) electrons. The van der Waals surface area contributed by atoms with Crippen LogP contribution in [0.1, 0.15) is 30.9 Å². The van der Waals surface area contributed by atoms with Gasteiger partial charge < -0.3 is 5.11 Å². The van der Waals surface area contributed by atoms with E-state index in [1.807, 2.05) is 36.4 Å². The minimum Gasteiger partial charge on any atom is -0.383 e. The van der Waals surface area contributed by atoms with E-state index >= 15 is 0 Å². The van der Waals surface area contributed by atoms with Crippen LogP contribution in [0.4, 0.5) is 0 Å². The summed E-state index contributed by atoms with van der Waals surface area (Å²) in [5.41, 5.74) is 1.34. The highest BCUT2D eigenvalue weighted by Gasteiger charge is 2.39. The maximum atomic E-state index is 11.6. The molecule has 2 aromatic rings. The Balaban J connectivity index is 1.94. The fourth-order valence-corrected chi connectivity index (χ4v) is 3.56. The van der Waals surface area contributed by atoms with Gasteiger partial charge in [-0.25, -0.2) is 0 Å². The Morgan fingerprint density at radius 1 is 0.955 bits per heavy atom. The summed E-state index contributed by atoms with van der Waals surface area (Å²) >= 11 is 0. The second-order valence-corrected chi connectivity index (χ2v) is 6.37. The summed E-state index contributed by atoms with van der Waals surface area (Å²) in [5, 5.41) is 11.6. The Morgan fingerprint density at radius 2 is 1.50 bits per heavy atom. The van der Waals surface area contributed by atoms with Crippen molar-refractivity contribution in [1.29, 1.82) is 0 Å². The average Bonchev–Trinajstić information content (AvgIpc) is 3.10. The number of rotatable bonds is 5. The second kappa shape index (κ2) is 6.64. The predicted molar refractivity (Wildman–Crippen MR) is 90.8 cm³/mol. The lowest BCUT2D eigenvalue weighted by atomic mass is 9.81. The van der Waals surface area contributed by atoms with Crippen LogP contribution in [0.25, 0.3) is 0 Å². The molecule has 0 aromatic heterocycles. The Kier molecular flexibility index (Phi) is 4.60. The van der Waals surface area contributed by atoms with Crippen LogP contribution in [-0.2, 0) is 12.0 Å². The van der Waals surface area contributed by atoms with Gasteiger partial charge in [-0.05, 0) is 44.0 Å². The van der Waals surface area contributed by atoms with Crippen molar-refractivity contribution in [2.45, 2.75) is 37.8 Å². The van der Waals surface area contributed by atoms with Gasteiger partial charge in [0.25, 0.3) is 0 Å². The lowest BCUT2D eigenvalue weighted by molar-refractivity contribution is -0.0394. The van der Waals surface area contributed by atoms with E-state index in [1.165, 1.54) is 18.4 Å². The van der Waals surface area contributed by atoms with E-state index in [9.17, 15) is 5.11 Å². The Labute approximate surface area is 133 Å². The Bertz CT molecular complexity index is 577. The zero-order chi connectivity index (χ0) is 15.4. The van der Waals surface area contributed by atoms with Gasteiger partial charge in [0.1, 0.15) is 5.60 Å². The van der Waals surface area contributed by atoms with Gasteiger partial charge in [-0.15, -0.1) is 0 Å². The first-order valence-electron chi connectivity index (χ1n) is 8.26. The molecule has 0 spiro atoms. The molecule has 0 amide bonds. The summed E-state index contributed by atoms with van der Waals surface area (Å²) in [6, 6.07) is 20.6. The lowest BCUT2D eigenvalue weighted by Gasteiger charge is -2.40. The molecule has 2 atom stereocenters. The zero-order valence-corrected chi connectivity index (χ0v) is 13.3. The molecular formula is C20H25NO. The van der Waals surface area contributed by atoms with Crippen LogP contribution in [-0.4, -0.2) is 29.1 Å². The SMILES string of the molecule is C[C@@H](N1CCCC1)[C@@](O)(Cc1ccccc1)c1ccccc1. The molecule has 0 bridgehead atoms. The standard InChI is InChI=1S/C20H25NO/c1-17(21-14-8-9-15-21)20(22,19-12-6-3-7-13-19)16-18-10-4-2-5-11-18/h2-7,10-13,17,22H,8-9,14-16H2,1H3/t17-,20+/m1/s1. The zero-order valence-electron chi connectivity index (χ0n) is 13.3. The number of hydrogen-bond donors (Lipinski definition) is 1. The van der Waals surface area contributed by atoms with Crippen molar-refractivity contribution in [2.75, 3.05) is 13.1 Å². The highest BCUT2D eigenvalue weighted by molar-refractivity contribution is 5.28. The molecule has 1 aliphatic rings. The first-order chi connectivity index (χ1) is 10.7. The number of benzene rings is 2. The van der Waals surface area contributed by atoms with Gasteiger partial charge in [0.2, 0.25) is 0 Å². The number of aliphatic hydroxyl groups is 1. The molecule has 1 saturated heterocycles. The molecule has 3 rings (SSSR count). The van der Waals surface area contributed by atoms with Crippen molar-refractivity contribution in [3.63, 3.8) is 0 Å². The molecule has 1 N–H and O–H groups in total. The highest BCUT2D eigenvalue weighted by Crippen LogP contribution is 2.33.